The van der Waals surface area contributed by atoms with Gasteiger partial charge in [0.2, 0.25) is 5.91 Å². The van der Waals surface area contributed by atoms with Crippen molar-refractivity contribution < 1.29 is 13.2 Å². The Hall–Kier alpha value is -2.48. The number of hydrogen-bond acceptors (Lipinski definition) is 4. The van der Waals surface area contributed by atoms with E-state index < -0.39 is 10.0 Å². The van der Waals surface area contributed by atoms with Crippen molar-refractivity contribution in [1.29, 1.82) is 0 Å². The molecule has 0 bridgehead atoms. The Kier molecular flexibility index (Phi) is 5.54. The van der Waals surface area contributed by atoms with Crippen LogP contribution in [0, 0.1) is 0 Å². The van der Waals surface area contributed by atoms with Gasteiger partial charge in [-0.05, 0) is 28.1 Å². The van der Waals surface area contributed by atoms with Crippen molar-refractivity contribution in [3.8, 4) is 0 Å². The highest BCUT2D eigenvalue weighted by atomic mass is 32.2. The summed E-state index contributed by atoms with van der Waals surface area (Å²) in [6.45, 7) is 0.849. The van der Waals surface area contributed by atoms with Crippen molar-refractivity contribution >= 4 is 27.3 Å². The van der Waals surface area contributed by atoms with Crippen LogP contribution < -0.4 is 0 Å². The van der Waals surface area contributed by atoms with Crippen LogP contribution in [0.2, 0.25) is 0 Å². The summed E-state index contributed by atoms with van der Waals surface area (Å²) in [6.07, 6.45) is 0. The molecule has 2 heterocycles. The zero-order chi connectivity index (χ0) is 20.4. The third-order valence-electron chi connectivity index (χ3n) is 5.27. The second-order valence-corrected chi connectivity index (χ2v) is 10.3. The minimum Gasteiger partial charge on any atom is -0.336 e. The van der Waals surface area contributed by atoms with E-state index in [-0.39, 0.29) is 22.6 Å². The zero-order valence-electron chi connectivity index (χ0n) is 16.1. The van der Waals surface area contributed by atoms with Crippen LogP contribution >= 0.6 is 11.3 Å². The molecule has 3 aromatic rings. The van der Waals surface area contributed by atoms with E-state index in [4.69, 9.17) is 0 Å². The SMILES string of the molecule is CN(CC(=O)N1Cc2ccccc2[C@H](c2ccccc2)C1)S(=O)(=O)c1cccs1. The smallest absolute Gasteiger partial charge is 0.252 e. The van der Waals surface area contributed by atoms with Crippen LogP contribution in [0.1, 0.15) is 22.6 Å². The van der Waals surface area contributed by atoms with Crippen molar-refractivity contribution in [2.75, 3.05) is 20.1 Å². The van der Waals surface area contributed by atoms with Crippen LogP contribution in [0.25, 0.3) is 0 Å². The maximum absolute atomic E-state index is 13.0. The van der Waals surface area contributed by atoms with Crippen molar-refractivity contribution in [3.63, 3.8) is 0 Å². The van der Waals surface area contributed by atoms with Gasteiger partial charge in [0.05, 0.1) is 6.54 Å². The Balaban J connectivity index is 1.57. The fraction of sp³-hybridized carbons (Fsp3) is 0.227. The average Bonchev–Trinajstić information content (AvgIpc) is 3.29. The molecule has 0 unspecified atom stereocenters. The highest BCUT2D eigenvalue weighted by Gasteiger charge is 2.31. The Morgan fingerprint density at radius 2 is 1.79 bits per heavy atom. The number of hydrogen-bond donors (Lipinski definition) is 0. The molecule has 2 aromatic carbocycles. The van der Waals surface area contributed by atoms with Crippen LogP contribution in [0.15, 0.2) is 76.3 Å². The molecule has 5 nitrogen and oxygen atoms in total. The fourth-order valence-electron chi connectivity index (χ4n) is 3.71. The molecule has 150 valence electrons. The Morgan fingerprint density at radius 3 is 2.52 bits per heavy atom. The van der Waals surface area contributed by atoms with Gasteiger partial charge in [0.15, 0.2) is 0 Å². The van der Waals surface area contributed by atoms with Gasteiger partial charge in [-0.15, -0.1) is 11.3 Å². The lowest BCUT2D eigenvalue weighted by atomic mass is 9.84. The van der Waals surface area contributed by atoms with Crippen molar-refractivity contribution in [1.82, 2.24) is 9.21 Å². The van der Waals surface area contributed by atoms with E-state index in [1.807, 2.05) is 36.4 Å². The molecule has 0 spiro atoms. The molecule has 1 amide bonds. The van der Waals surface area contributed by atoms with Gasteiger partial charge in [-0.1, -0.05) is 60.7 Å². The summed E-state index contributed by atoms with van der Waals surface area (Å²) in [5.74, 6) is -0.118. The Bertz CT molecular complexity index is 1100. The van der Waals surface area contributed by atoms with Crippen LogP contribution in [-0.4, -0.2) is 43.7 Å². The van der Waals surface area contributed by atoms with Crippen LogP contribution in [0.3, 0.4) is 0 Å². The van der Waals surface area contributed by atoms with Crippen molar-refractivity contribution in [2.24, 2.45) is 0 Å². The Labute approximate surface area is 175 Å². The molecular weight excluding hydrogens is 404 g/mol. The molecule has 29 heavy (non-hydrogen) atoms. The number of rotatable bonds is 5. The van der Waals surface area contributed by atoms with Gasteiger partial charge in [0, 0.05) is 26.1 Å². The van der Waals surface area contributed by atoms with Crippen LogP contribution in [-0.2, 0) is 21.4 Å². The number of sulfonamides is 1. The first-order valence-corrected chi connectivity index (χ1v) is 11.7. The summed E-state index contributed by atoms with van der Waals surface area (Å²) in [7, 11) is -2.19. The summed E-state index contributed by atoms with van der Waals surface area (Å²) < 4.78 is 26.7. The predicted octanol–water partition coefficient (Wildman–Crippen LogP) is 3.54. The van der Waals surface area contributed by atoms with Crippen molar-refractivity contribution in [2.45, 2.75) is 16.7 Å². The molecule has 0 saturated carbocycles. The van der Waals surface area contributed by atoms with E-state index in [0.717, 1.165) is 26.8 Å². The van der Waals surface area contributed by atoms with E-state index in [2.05, 4.69) is 18.2 Å². The van der Waals surface area contributed by atoms with Gasteiger partial charge in [-0.2, -0.15) is 4.31 Å². The van der Waals surface area contributed by atoms with Crippen LogP contribution in [0.4, 0.5) is 0 Å². The standard InChI is InChI=1S/C22H22N2O3S2/c1-23(29(26,27)22-12-7-13-28-22)16-21(25)24-14-18-10-5-6-11-19(18)20(15-24)17-8-3-2-4-9-17/h2-13,20H,14-16H2,1H3/t20-/m0/s1. The van der Waals surface area contributed by atoms with Gasteiger partial charge in [-0.3, -0.25) is 4.79 Å². The first kappa shape index (κ1) is 19.8. The summed E-state index contributed by atoms with van der Waals surface area (Å²) in [5, 5.41) is 1.72. The number of nitrogens with zero attached hydrogens (tertiary/aromatic N) is 2. The second kappa shape index (κ2) is 8.10. The van der Waals surface area contributed by atoms with E-state index >= 15 is 0 Å². The summed E-state index contributed by atoms with van der Waals surface area (Å²) in [5.41, 5.74) is 3.48. The van der Waals surface area contributed by atoms with Crippen LogP contribution in [0.5, 0.6) is 0 Å². The molecule has 0 saturated heterocycles. The van der Waals surface area contributed by atoms with Gasteiger partial charge >= 0.3 is 0 Å². The van der Waals surface area contributed by atoms with Gasteiger partial charge < -0.3 is 4.90 Å². The molecule has 4 rings (SSSR count). The quantitative estimate of drug-likeness (QED) is 0.627. The first-order valence-electron chi connectivity index (χ1n) is 9.37. The van der Waals surface area contributed by atoms with E-state index in [1.54, 1.807) is 22.4 Å². The molecule has 0 fully saturated rings. The third-order valence-corrected chi connectivity index (χ3v) is 8.44. The molecule has 0 aliphatic carbocycles. The third kappa shape index (κ3) is 3.99. The lowest BCUT2D eigenvalue weighted by Crippen LogP contribution is -2.44. The number of benzene rings is 2. The Morgan fingerprint density at radius 1 is 1.07 bits per heavy atom. The van der Waals surface area contributed by atoms with E-state index in [1.165, 1.54) is 12.6 Å². The second-order valence-electron chi connectivity index (χ2n) is 7.13. The monoisotopic (exact) mass is 426 g/mol. The lowest BCUT2D eigenvalue weighted by molar-refractivity contribution is -0.132. The molecule has 1 aliphatic rings. The van der Waals surface area contributed by atoms with Gasteiger partial charge in [-0.25, -0.2) is 8.42 Å². The number of likely N-dealkylation sites (N-methyl/N-ethyl adjacent to an activating group) is 1. The lowest BCUT2D eigenvalue weighted by Gasteiger charge is -2.35. The number of carbonyl (C=O) groups is 1. The summed E-state index contributed by atoms with van der Waals surface area (Å²) in [6, 6.07) is 21.5. The molecule has 0 radical (unpaired) electrons. The normalized spacial score (nSPS) is 16.6. The first-order chi connectivity index (χ1) is 14.0. The average molecular weight is 427 g/mol. The topological polar surface area (TPSA) is 57.7 Å². The predicted molar refractivity (Wildman–Crippen MR) is 114 cm³/mol. The fourth-order valence-corrected chi connectivity index (χ4v) is 6.03. The highest BCUT2D eigenvalue weighted by Crippen LogP contribution is 2.33. The number of amides is 1. The molecule has 7 heteroatoms. The molecule has 0 N–H and O–H groups in total. The minimum absolute atomic E-state index is 0.0734. The largest absolute Gasteiger partial charge is 0.336 e. The molecule has 1 atom stereocenters. The minimum atomic E-state index is -3.65. The zero-order valence-corrected chi connectivity index (χ0v) is 17.7. The van der Waals surface area contributed by atoms with E-state index in [0.29, 0.717) is 13.1 Å². The molecule has 1 aromatic heterocycles. The maximum Gasteiger partial charge on any atom is 0.252 e. The summed E-state index contributed by atoms with van der Waals surface area (Å²) in [4.78, 5) is 14.8. The number of carbonyl (C=O) groups excluding carboxylic acids is 1. The van der Waals surface area contributed by atoms with Crippen molar-refractivity contribution in [3.05, 3.63) is 88.8 Å². The highest BCUT2D eigenvalue weighted by molar-refractivity contribution is 7.91. The number of fused-ring (bicyclic) bond motifs is 1. The summed E-state index contributed by atoms with van der Waals surface area (Å²) >= 11 is 1.15. The molecular formula is C22H22N2O3S2. The maximum atomic E-state index is 13.0. The number of thiophene rings is 1. The van der Waals surface area contributed by atoms with Gasteiger partial charge in [0.25, 0.3) is 10.0 Å². The molecule has 1 aliphatic heterocycles. The van der Waals surface area contributed by atoms with E-state index in [9.17, 15) is 13.2 Å². The van der Waals surface area contributed by atoms with Gasteiger partial charge in [0.1, 0.15) is 4.21 Å².